The van der Waals surface area contributed by atoms with Crippen molar-refractivity contribution in [2.75, 3.05) is 31.6 Å². The third-order valence-corrected chi connectivity index (χ3v) is 5.69. The molecule has 1 heterocycles. The van der Waals surface area contributed by atoms with Gasteiger partial charge in [-0.05, 0) is 58.0 Å². The van der Waals surface area contributed by atoms with Crippen LogP contribution in [0.15, 0.2) is 0 Å². The molecule has 2 aliphatic rings. The van der Waals surface area contributed by atoms with Crippen molar-refractivity contribution >= 4 is 11.8 Å². The number of nitrogens with zero attached hydrogens (tertiary/aromatic N) is 1. The van der Waals surface area contributed by atoms with Gasteiger partial charge in [-0.25, -0.2) is 0 Å². The summed E-state index contributed by atoms with van der Waals surface area (Å²) >= 11 is 2.12. The van der Waals surface area contributed by atoms with Crippen molar-refractivity contribution in [2.24, 2.45) is 0 Å². The molecule has 18 heavy (non-hydrogen) atoms. The Hall–Kier alpha value is 0.270. The van der Waals surface area contributed by atoms with E-state index in [-0.39, 0.29) is 0 Å². The van der Waals surface area contributed by atoms with Crippen LogP contribution < -0.4 is 5.32 Å². The molecule has 0 aromatic rings. The Morgan fingerprint density at radius 1 is 1.11 bits per heavy atom. The van der Waals surface area contributed by atoms with Gasteiger partial charge in [-0.1, -0.05) is 19.3 Å². The van der Waals surface area contributed by atoms with Crippen molar-refractivity contribution in [3.05, 3.63) is 0 Å². The molecule has 1 saturated heterocycles. The standard InChI is InChI=1S/C15H30N2S/c1-17(15-8-3-2-4-9-15)11-6-10-16-14-7-5-12-18-13-14/h14-16H,2-13H2,1H3. The summed E-state index contributed by atoms with van der Waals surface area (Å²) in [4.78, 5) is 2.61. The van der Waals surface area contributed by atoms with Crippen molar-refractivity contribution < 1.29 is 0 Å². The highest BCUT2D eigenvalue weighted by Gasteiger charge is 2.17. The third kappa shape index (κ3) is 5.10. The highest BCUT2D eigenvalue weighted by atomic mass is 32.2. The number of hydrogen-bond acceptors (Lipinski definition) is 3. The second-order valence-corrected chi connectivity index (χ2v) is 7.14. The highest BCUT2D eigenvalue weighted by molar-refractivity contribution is 7.99. The fourth-order valence-electron chi connectivity index (χ4n) is 3.24. The van der Waals surface area contributed by atoms with Gasteiger partial charge in [-0.3, -0.25) is 0 Å². The van der Waals surface area contributed by atoms with Crippen LogP contribution in [0.2, 0.25) is 0 Å². The molecule has 2 nitrogen and oxygen atoms in total. The van der Waals surface area contributed by atoms with Crippen LogP contribution in [0.25, 0.3) is 0 Å². The lowest BCUT2D eigenvalue weighted by Gasteiger charge is -2.31. The molecule has 2 fully saturated rings. The van der Waals surface area contributed by atoms with E-state index in [4.69, 9.17) is 0 Å². The van der Waals surface area contributed by atoms with Crippen molar-refractivity contribution in [1.82, 2.24) is 10.2 Å². The molecular formula is C15H30N2S. The van der Waals surface area contributed by atoms with Crippen LogP contribution in [0.5, 0.6) is 0 Å². The van der Waals surface area contributed by atoms with Crippen molar-refractivity contribution in [2.45, 2.75) is 63.5 Å². The molecule has 1 unspecified atom stereocenters. The fourth-order valence-corrected chi connectivity index (χ4v) is 4.35. The quantitative estimate of drug-likeness (QED) is 0.747. The maximum atomic E-state index is 3.73. The molecule has 0 aromatic heterocycles. The summed E-state index contributed by atoms with van der Waals surface area (Å²) < 4.78 is 0. The summed E-state index contributed by atoms with van der Waals surface area (Å²) in [5, 5.41) is 3.73. The first-order chi connectivity index (χ1) is 8.86. The van der Waals surface area contributed by atoms with E-state index in [0.717, 1.165) is 12.1 Å². The zero-order valence-corrected chi connectivity index (χ0v) is 12.8. The molecule has 106 valence electrons. The second-order valence-electron chi connectivity index (χ2n) is 5.99. The van der Waals surface area contributed by atoms with Gasteiger partial charge in [-0.2, -0.15) is 11.8 Å². The van der Waals surface area contributed by atoms with E-state index in [0.29, 0.717) is 0 Å². The van der Waals surface area contributed by atoms with Gasteiger partial charge in [0.25, 0.3) is 0 Å². The summed E-state index contributed by atoms with van der Waals surface area (Å²) in [5.74, 6) is 2.71. The molecule has 1 saturated carbocycles. The maximum Gasteiger partial charge on any atom is 0.0158 e. The Kier molecular flexibility index (Phi) is 6.88. The summed E-state index contributed by atoms with van der Waals surface area (Å²) in [7, 11) is 2.33. The molecule has 0 bridgehead atoms. The Bertz CT molecular complexity index is 211. The van der Waals surface area contributed by atoms with Crippen LogP contribution in [0, 0.1) is 0 Å². The molecule has 1 aliphatic carbocycles. The Morgan fingerprint density at radius 2 is 1.94 bits per heavy atom. The summed E-state index contributed by atoms with van der Waals surface area (Å²) in [6.45, 7) is 2.49. The van der Waals surface area contributed by atoms with Crippen LogP contribution in [-0.2, 0) is 0 Å². The molecule has 0 aromatic carbocycles. The van der Waals surface area contributed by atoms with Crippen LogP contribution in [-0.4, -0.2) is 48.6 Å². The topological polar surface area (TPSA) is 15.3 Å². The molecule has 1 aliphatic heterocycles. The van der Waals surface area contributed by atoms with Gasteiger partial charge in [0.15, 0.2) is 0 Å². The Balaban J connectivity index is 1.51. The first kappa shape index (κ1) is 14.7. The van der Waals surface area contributed by atoms with Gasteiger partial charge in [-0.15, -0.1) is 0 Å². The van der Waals surface area contributed by atoms with Crippen LogP contribution >= 0.6 is 11.8 Å². The molecule has 3 heteroatoms. The predicted molar refractivity (Wildman–Crippen MR) is 82.5 cm³/mol. The molecule has 0 radical (unpaired) electrons. The minimum absolute atomic E-state index is 0.795. The van der Waals surface area contributed by atoms with Crippen molar-refractivity contribution in [1.29, 1.82) is 0 Å². The fraction of sp³-hybridized carbons (Fsp3) is 1.00. The first-order valence-corrected chi connectivity index (χ1v) is 9.03. The van der Waals surface area contributed by atoms with E-state index in [1.54, 1.807) is 0 Å². The van der Waals surface area contributed by atoms with Gasteiger partial charge in [0.1, 0.15) is 0 Å². The third-order valence-electron chi connectivity index (χ3n) is 4.48. The lowest BCUT2D eigenvalue weighted by atomic mass is 9.94. The molecular weight excluding hydrogens is 240 g/mol. The van der Waals surface area contributed by atoms with E-state index in [2.05, 4.69) is 29.0 Å². The van der Waals surface area contributed by atoms with Crippen molar-refractivity contribution in [3.8, 4) is 0 Å². The van der Waals surface area contributed by atoms with Crippen LogP contribution in [0.3, 0.4) is 0 Å². The molecule has 1 N–H and O–H groups in total. The van der Waals surface area contributed by atoms with Gasteiger partial charge in [0.2, 0.25) is 0 Å². The molecule has 0 amide bonds. The highest BCUT2D eigenvalue weighted by Crippen LogP contribution is 2.21. The second kappa shape index (κ2) is 8.44. The minimum Gasteiger partial charge on any atom is -0.313 e. The van der Waals surface area contributed by atoms with E-state index in [1.807, 2.05) is 0 Å². The van der Waals surface area contributed by atoms with Gasteiger partial charge in [0, 0.05) is 17.8 Å². The van der Waals surface area contributed by atoms with Gasteiger partial charge >= 0.3 is 0 Å². The van der Waals surface area contributed by atoms with E-state index < -0.39 is 0 Å². The predicted octanol–water partition coefficient (Wildman–Crippen LogP) is 3.13. The summed E-state index contributed by atoms with van der Waals surface area (Å²) in [6, 6.07) is 1.67. The van der Waals surface area contributed by atoms with E-state index in [1.165, 1.54) is 76.0 Å². The normalized spacial score (nSPS) is 26.7. The van der Waals surface area contributed by atoms with Crippen molar-refractivity contribution in [3.63, 3.8) is 0 Å². The Labute approximate surface area is 117 Å². The number of hydrogen-bond donors (Lipinski definition) is 1. The van der Waals surface area contributed by atoms with Crippen LogP contribution in [0.4, 0.5) is 0 Å². The van der Waals surface area contributed by atoms with Gasteiger partial charge in [0.05, 0.1) is 0 Å². The van der Waals surface area contributed by atoms with Gasteiger partial charge < -0.3 is 10.2 Å². The van der Waals surface area contributed by atoms with E-state index in [9.17, 15) is 0 Å². The molecule has 0 spiro atoms. The minimum atomic E-state index is 0.795. The SMILES string of the molecule is CN(CCCNC1CCCSC1)C1CCCCC1. The summed E-state index contributed by atoms with van der Waals surface area (Å²) in [6.07, 6.45) is 11.3. The average Bonchev–Trinajstić information content (AvgIpc) is 2.45. The smallest absolute Gasteiger partial charge is 0.0158 e. The average molecular weight is 270 g/mol. The van der Waals surface area contributed by atoms with E-state index >= 15 is 0 Å². The number of rotatable bonds is 6. The lowest BCUT2D eigenvalue weighted by Crippen LogP contribution is -2.38. The molecule has 1 atom stereocenters. The summed E-state index contributed by atoms with van der Waals surface area (Å²) in [5.41, 5.74) is 0. The molecule has 2 rings (SSSR count). The largest absolute Gasteiger partial charge is 0.313 e. The number of nitrogens with one attached hydrogen (secondary N) is 1. The number of thioether (sulfide) groups is 1. The van der Waals surface area contributed by atoms with Crippen LogP contribution in [0.1, 0.15) is 51.4 Å². The first-order valence-electron chi connectivity index (χ1n) is 7.87. The maximum absolute atomic E-state index is 3.73. The lowest BCUT2D eigenvalue weighted by molar-refractivity contribution is 0.189. The zero-order chi connectivity index (χ0) is 12.6. The zero-order valence-electron chi connectivity index (χ0n) is 12.0. The monoisotopic (exact) mass is 270 g/mol. The Morgan fingerprint density at radius 3 is 2.67 bits per heavy atom.